The second kappa shape index (κ2) is 6.96. The SMILES string of the molecule is CNC(=O)c1ccc(NC(=O)c2cccc(-n3ccnn3)c2)c(C)c1. The van der Waals surface area contributed by atoms with Crippen molar-refractivity contribution in [1.29, 1.82) is 0 Å². The Hall–Kier alpha value is -3.48. The second-order valence-corrected chi connectivity index (χ2v) is 5.46. The van der Waals surface area contributed by atoms with Gasteiger partial charge in [0.15, 0.2) is 0 Å². The number of hydrogen-bond donors (Lipinski definition) is 2. The van der Waals surface area contributed by atoms with E-state index in [4.69, 9.17) is 0 Å². The summed E-state index contributed by atoms with van der Waals surface area (Å²) in [6, 6.07) is 12.2. The first-order valence-corrected chi connectivity index (χ1v) is 7.69. The molecule has 0 saturated heterocycles. The van der Waals surface area contributed by atoms with E-state index in [2.05, 4.69) is 20.9 Å². The Morgan fingerprint density at radius 1 is 1.04 bits per heavy atom. The Morgan fingerprint density at radius 2 is 1.84 bits per heavy atom. The van der Waals surface area contributed by atoms with Gasteiger partial charge in [-0.1, -0.05) is 11.3 Å². The molecule has 0 spiro atoms. The minimum absolute atomic E-state index is 0.165. The molecule has 2 N–H and O–H groups in total. The van der Waals surface area contributed by atoms with Gasteiger partial charge in [0.05, 0.1) is 18.1 Å². The molecule has 25 heavy (non-hydrogen) atoms. The third kappa shape index (κ3) is 3.55. The highest BCUT2D eigenvalue weighted by Gasteiger charge is 2.11. The van der Waals surface area contributed by atoms with Gasteiger partial charge in [0.1, 0.15) is 0 Å². The van der Waals surface area contributed by atoms with Gasteiger partial charge in [-0.15, -0.1) is 5.10 Å². The Balaban J connectivity index is 1.81. The van der Waals surface area contributed by atoms with Gasteiger partial charge in [-0.05, 0) is 48.9 Å². The van der Waals surface area contributed by atoms with Crippen molar-refractivity contribution >= 4 is 17.5 Å². The second-order valence-electron chi connectivity index (χ2n) is 5.46. The van der Waals surface area contributed by atoms with Crippen molar-refractivity contribution in [3.05, 3.63) is 71.5 Å². The van der Waals surface area contributed by atoms with Gasteiger partial charge >= 0.3 is 0 Å². The summed E-state index contributed by atoms with van der Waals surface area (Å²) >= 11 is 0. The van der Waals surface area contributed by atoms with E-state index in [-0.39, 0.29) is 11.8 Å². The molecule has 0 saturated carbocycles. The van der Waals surface area contributed by atoms with Crippen LogP contribution in [-0.2, 0) is 0 Å². The van der Waals surface area contributed by atoms with Crippen LogP contribution in [0.5, 0.6) is 0 Å². The Bertz CT molecular complexity index is 919. The van der Waals surface area contributed by atoms with Crippen LogP contribution in [0.4, 0.5) is 5.69 Å². The van der Waals surface area contributed by atoms with E-state index in [0.717, 1.165) is 11.3 Å². The van der Waals surface area contributed by atoms with E-state index in [1.54, 1.807) is 60.5 Å². The normalized spacial score (nSPS) is 10.3. The van der Waals surface area contributed by atoms with Gasteiger partial charge in [-0.25, -0.2) is 4.68 Å². The molecule has 0 aliphatic carbocycles. The molecule has 2 aromatic carbocycles. The largest absolute Gasteiger partial charge is 0.355 e. The number of nitrogens with one attached hydrogen (secondary N) is 2. The summed E-state index contributed by atoms with van der Waals surface area (Å²) in [4.78, 5) is 24.2. The van der Waals surface area contributed by atoms with Crippen molar-refractivity contribution < 1.29 is 9.59 Å². The summed E-state index contributed by atoms with van der Waals surface area (Å²) in [5.74, 6) is -0.403. The summed E-state index contributed by atoms with van der Waals surface area (Å²) in [6.45, 7) is 1.84. The van der Waals surface area contributed by atoms with Crippen molar-refractivity contribution in [2.24, 2.45) is 0 Å². The maximum Gasteiger partial charge on any atom is 0.255 e. The van der Waals surface area contributed by atoms with Gasteiger partial charge in [0.2, 0.25) is 0 Å². The van der Waals surface area contributed by atoms with Crippen LogP contribution in [0.2, 0.25) is 0 Å². The average molecular weight is 335 g/mol. The van der Waals surface area contributed by atoms with E-state index < -0.39 is 0 Å². The van der Waals surface area contributed by atoms with E-state index in [1.807, 2.05) is 13.0 Å². The summed E-state index contributed by atoms with van der Waals surface area (Å²) in [5.41, 5.74) is 3.26. The van der Waals surface area contributed by atoms with Crippen molar-refractivity contribution in [3.63, 3.8) is 0 Å². The van der Waals surface area contributed by atoms with Crippen LogP contribution in [0.15, 0.2) is 54.9 Å². The lowest BCUT2D eigenvalue weighted by Crippen LogP contribution is -2.18. The van der Waals surface area contributed by atoms with E-state index >= 15 is 0 Å². The number of rotatable bonds is 4. The number of carbonyl (C=O) groups is 2. The molecular formula is C18H17N5O2. The monoisotopic (exact) mass is 335 g/mol. The van der Waals surface area contributed by atoms with Crippen LogP contribution in [-0.4, -0.2) is 33.9 Å². The summed E-state index contributed by atoms with van der Waals surface area (Å²) in [6.07, 6.45) is 3.28. The molecule has 7 nitrogen and oxygen atoms in total. The third-order valence-electron chi connectivity index (χ3n) is 3.76. The first kappa shape index (κ1) is 16.4. The van der Waals surface area contributed by atoms with Crippen LogP contribution < -0.4 is 10.6 Å². The first-order chi connectivity index (χ1) is 12.1. The van der Waals surface area contributed by atoms with Crippen LogP contribution in [0.3, 0.4) is 0 Å². The van der Waals surface area contributed by atoms with Gasteiger partial charge in [-0.3, -0.25) is 9.59 Å². The summed E-state index contributed by atoms with van der Waals surface area (Å²) in [5, 5.41) is 13.1. The number of amides is 2. The maximum absolute atomic E-state index is 12.5. The molecule has 1 heterocycles. The van der Waals surface area contributed by atoms with E-state index in [0.29, 0.717) is 16.8 Å². The number of aromatic nitrogens is 3. The zero-order valence-corrected chi connectivity index (χ0v) is 13.9. The molecule has 0 aliphatic heterocycles. The predicted molar refractivity (Wildman–Crippen MR) is 93.9 cm³/mol. The molecule has 0 unspecified atom stereocenters. The van der Waals surface area contributed by atoms with Gasteiger partial charge in [0.25, 0.3) is 11.8 Å². The highest BCUT2D eigenvalue weighted by molar-refractivity contribution is 6.05. The van der Waals surface area contributed by atoms with Crippen LogP contribution in [0.25, 0.3) is 5.69 Å². The number of nitrogens with zero attached hydrogens (tertiary/aromatic N) is 3. The first-order valence-electron chi connectivity index (χ1n) is 7.69. The number of carbonyl (C=O) groups excluding carboxylic acids is 2. The van der Waals surface area contributed by atoms with E-state index in [9.17, 15) is 9.59 Å². The topological polar surface area (TPSA) is 88.9 Å². The van der Waals surface area contributed by atoms with Crippen molar-refractivity contribution in [1.82, 2.24) is 20.3 Å². The Kier molecular flexibility index (Phi) is 4.56. The molecule has 0 fully saturated rings. The zero-order valence-electron chi connectivity index (χ0n) is 13.9. The molecule has 1 aromatic heterocycles. The summed E-state index contributed by atoms with van der Waals surface area (Å²) < 4.78 is 1.58. The number of anilines is 1. The molecule has 2 amide bonds. The van der Waals surface area contributed by atoms with Gasteiger partial charge in [0, 0.05) is 23.9 Å². The predicted octanol–water partition coefficient (Wildman–Crippen LogP) is 2.19. The highest BCUT2D eigenvalue weighted by atomic mass is 16.2. The van der Waals surface area contributed by atoms with Crippen molar-refractivity contribution in [3.8, 4) is 5.69 Å². The van der Waals surface area contributed by atoms with E-state index in [1.165, 1.54) is 0 Å². The van der Waals surface area contributed by atoms with Crippen molar-refractivity contribution in [2.75, 3.05) is 12.4 Å². The minimum Gasteiger partial charge on any atom is -0.355 e. The highest BCUT2D eigenvalue weighted by Crippen LogP contribution is 2.18. The van der Waals surface area contributed by atoms with Crippen LogP contribution >= 0.6 is 0 Å². The van der Waals surface area contributed by atoms with Crippen molar-refractivity contribution in [2.45, 2.75) is 6.92 Å². The lowest BCUT2D eigenvalue weighted by molar-refractivity contribution is 0.0962. The molecule has 3 rings (SSSR count). The average Bonchev–Trinajstić information content (AvgIpc) is 3.17. The number of aryl methyl sites for hydroxylation is 1. The fraction of sp³-hybridized carbons (Fsp3) is 0.111. The fourth-order valence-corrected chi connectivity index (χ4v) is 2.42. The quantitative estimate of drug-likeness (QED) is 0.765. The minimum atomic E-state index is -0.238. The zero-order chi connectivity index (χ0) is 17.8. The van der Waals surface area contributed by atoms with Gasteiger partial charge in [-0.2, -0.15) is 0 Å². The number of benzene rings is 2. The standard InChI is InChI=1S/C18H17N5O2/c1-12-10-14(17(24)19-2)6-7-16(12)21-18(25)13-4-3-5-15(11-13)23-9-8-20-22-23/h3-11H,1-2H3,(H,19,24)(H,21,25). The molecule has 0 bridgehead atoms. The molecule has 0 aliphatic rings. The molecular weight excluding hydrogens is 318 g/mol. The molecule has 7 heteroatoms. The molecule has 3 aromatic rings. The van der Waals surface area contributed by atoms with Crippen LogP contribution in [0.1, 0.15) is 26.3 Å². The third-order valence-corrected chi connectivity index (χ3v) is 3.76. The smallest absolute Gasteiger partial charge is 0.255 e. The Morgan fingerprint density at radius 3 is 2.52 bits per heavy atom. The number of hydrogen-bond acceptors (Lipinski definition) is 4. The fourth-order valence-electron chi connectivity index (χ4n) is 2.42. The Labute approximate surface area is 144 Å². The summed E-state index contributed by atoms with van der Waals surface area (Å²) in [7, 11) is 1.58. The maximum atomic E-state index is 12.5. The lowest BCUT2D eigenvalue weighted by Gasteiger charge is -2.10. The molecule has 126 valence electrons. The molecule has 0 atom stereocenters. The van der Waals surface area contributed by atoms with Crippen LogP contribution in [0, 0.1) is 6.92 Å². The lowest BCUT2D eigenvalue weighted by atomic mass is 10.1. The molecule has 0 radical (unpaired) electrons. The van der Waals surface area contributed by atoms with Gasteiger partial charge < -0.3 is 10.6 Å².